The molecule has 1 aliphatic rings. The molecule has 3 rings (SSSR count). The number of aromatic nitrogens is 4. The summed E-state index contributed by atoms with van der Waals surface area (Å²) in [5.41, 5.74) is 3.27. The van der Waals surface area contributed by atoms with Gasteiger partial charge in [-0.3, -0.25) is 9.48 Å². The molecule has 0 aromatic carbocycles. The van der Waals surface area contributed by atoms with Crippen LogP contribution in [0.3, 0.4) is 0 Å². The standard InChI is InChI=1S/C17H25N5O2/c1-12-15(13(2)21(3)20-12)4-5-17(23)19-16-6-8-18-22(16)10-14-7-9-24-11-14/h6,8,14H,4-5,7,9-11H2,1-3H3,(H,19,23)/t14-/m1/s1. The number of nitrogens with one attached hydrogen (secondary N) is 1. The Morgan fingerprint density at radius 3 is 2.96 bits per heavy atom. The van der Waals surface area contributed by atoms with E-state index in [1.54, 1.807) is 6.20 Å². The second-order valence-corrected chi connectivity index (χ2v) is 6.45. The maximum atomic E-state index is 12.3. The molecular formula is C17H25N5O2. The molecule has 1 N–H and O–H groups in total. The van der Waals surface area contributed by atoms with Crippen LogP contribution in [0.4, 0.5) is 5.82 Å². The van der Waals surface area contributed by atoms with E-state index in [-0.39, 0.29) is 5.91 Å². The smallest absolute Gasteiger partial charge is 0.225 e. The van der Waals surface area contributed by atoms with E-state index in [4.69, 9.17) is 4.74 Å². The van der Waals surface area contributed by atoms with Crippen LogP contribution in [0.2, 0.25) is 0 Å². The van der Waals surface area contributed by atoms with E-state index in [1.807, 2.05) is 36.3 Å². The lowest BCUT2D eigenvalue weighted by atomic mass is 10.1. The first kappa shape index (κ1) is 16.7. The number of hydrogen-bond donors (Lipinski definition) is 1. The third-order valence-electron chi connectivity index (χ3n) is 4.70. The molecule has 1 saturated heterocycles. The lowest BCUT2D eigenvalue weighted by Crippen LogP contribution is -2.19. The van der Waals surface area contributed by atoms with Crippen LogP contribution < -0.4 is 5.32 Å². The van der Waals surface area contributed by atoms with E-state index in [1.165, 1.54) is 0 Å². The zero-order valence-electron chi connectivity index (χ0n) is 14.6. The van der Waals surface area contributed by atoms with Crippen molar-refractivity contribution in [3.8, 4) is 0 Å². The molecule has 3 heterocycles. The second-order valence-electron chi connectivity index (χ2n) is 6.45. The van der Waals surface area contributed by atoms with Gasteiger partial charge in [-0.25, -0.2) is 4.68 Å². The maximum absolute atomic E-state index is 12.3. The zero-order valence-corrected chi connectivity index (χ0v) is 14.6. The number of nitrogens with zero attached hydrogens (tertiary/aromatic N) is 4. The van der Waals surface area contributed by atoms with Crippen molar-refractivity contribution in [2.24, 2.45) is 13.0 Å². The molecule has 0 unspecified atom stereocenters. The maximum Gasteiger partial charge on any atom is 0.225 e. The fourth-order valence-electron chi connectivity index (χ4n) is 3.18. The topological polar surface area (TPSA) is 74.0 Å². The first-order valence-electron chi connectivity index (χ1n) is 8.43. The second kappa shape index (κ2) is 7.17. The minimum Gasteiger partial charge on any atom is -0.381 e. The normalized spacial score (nSPS) is 17.4. The highest BCUT2D eigenvalue weighted by molar-refractivity contribution is 5.89. The Labute approximate surface area is 142 Å². The Bertz CT molecular complexity index is 713. The number of amides is 1. The van der Waals surface area contributed by atoms with E-state index < -0.39 is 0 Å². The molecular weight excluding hydrogens is 306 g/mol. The summed E-state index contributed by atoms with van der Waals surface area (Å²) in [4.78, 5) is 12.3. The molecule has 7 nitrogen and oxygen atoms in total. The van der Waals surface area contributed by atoms with Gasteiger partial charge in [-0.05, 0) is 32.3 Å². The van der Waals surface area contributed by atoms with Crippen LogP contribution in [0.25, 0.3) is 0 Å². The predicted octanol–water partition coefficient (Wildman–Crippen LogP) is 1.84. The van der Waals surface area contributed by atoms with Crippen LogP contribution >= 0.6 is 0 Å². The van der Waals surface area contributed by atoms with Gasteiger partial charge in [0.2, 0.25) is 5.91 Å². The minimum atomic E-state index is 0.00192. The quantitative estimate of drug-likeness (QED) is 0.876. The minimum absolute atomic E-state index is 0.00192. The Hall–Kier alpha value is -2.15. The fourth-order valence-corrected chi connectivity index (χ4v) is 3.18. The van der Waals surface area contributed by atoms with Gasteiger partial charge in [0.25, 0.3) is 0 Å². The molecule has 0 saturated carbocycles. The lowest BCUT2D eigenvalue weighted by molar-refractivity contribution is -0.116. The molecule has 0 spiro atoms. The van der Waals surface area contributed by atoms with Gasteiger partial charge < -0.3 is 10.1 Å². The van der Waals surface area contributed by atoms with Crippen LogP contribution in [0, 0.1) is 19.8 Å². The summed E-state index contributed by atoms with van der Waals surface area (Å²) in [6, 6.07) is 1.84. The van der Waals surface area contributed by atoms with Gasteiger partial charge in [-0.1, -0.05) is 0 Å². The molecule has 1 aliphatic heterocycles. The third kappa shape index (κ3) is 3.67. The van der Waals surface area contributed by atoms with Crippen molar-refractivity contribution in [3.05, 3.63) is 29.2 Å². The van der Waals surface area contributed by atoms with Crippen molar-refractivity contribution in [1.29, 1.82) is 0 Å². The van der Waals surface area contributed by atoms with Crippen LogP contribution in [0.15, 0.2) is 12.3 Å². The largest absolute Gasteiger partial charge is 0.381 e. The Morgan fingerprint density at radius 2 is 2.29 bits per heavy atom. The SMILES string of the molecule is Cc1nn(C)c(C)c1CCC(=O)Nc1ccnn1C[C@H]1CCOC1. The van der Waals surface area contributed by atoms with Crippen molar-refractivity contribution in [2.45, 2.75) is 39.7 Å². The summed E-state index contributed by atoms with van der Waals surface area (Å²) in [6.45, 7) is 6.39. The summed E-state index contributed by atoms with van der Waals surface area (Å²) in [6.07, 6.45) is 3.90. The number of hydrogen-bond acceptors (Lipinski definition) is 4. The molecule has 7 heteroatoms. The van der Waals surface area contributed by atoms with Gasteiger partial charge in [-0.2, -0.15) is 10.2 Å². The highest BCUT2D eigenvalue weighted by Crippen LogP contribution is 2.18. The Kier molecular flexibility index (Phi) is 4.99. The van der Waals surface area contributed by atoms with Crippen molar-refractivity contribution in [2.75, 3.05) is 18.5 Å². The van der Waals surface area contributed by atoms with Crippen LogP contribution in [-0.2, 0) is 29.5 Å². The number of carbonyl (C=O) groups is 1. The summed E-state index contributed by atoms with van der Waals surface area (Å²) >= 11 is 0. The van der Waals surface area contributed by atoms with Crippen LogP contribution in [0.5, 0.6) is 0 Å². The molecule has 0 bridgehead atoms. The van der Waals surface area contributed by atoms with Crippen LogP contribution in [-0.4, -0.2) is 38.7 Å². The first-order chi connectivity index (χ1) is 11.5. The van der Waals surface area contributed by atoms with Gasteiger partial charge in [0.1, 0.15) is 5.82 Å². The summed E-state index contributed by atoms with van der Waals surface area (Å²) < 4.78 is 9.12. The molecule has 24 heavy (non-hydrogen) atoms. The predicted molar refractivity (Wildman–Crippen MR) is 90.8 cm³/mol. The lowest BCUT2D eigenvalue weighted by Gasteiger charge is -2.12. The summed E-state index contributed by atoms with van der Waals surface area (Å²) in [5, 5.41) is 11.7. The molecule has 0 aliphatic carbocycles. The third-order valence-corrected chi connectivity index (χ3v) is 4.70. The van der Waals surface area contributed by atoms with Gasteiger partial charge in [0.15, 0.2) is 0 Å². The zero-order chi connectivity index (χ0) is 17.1. The molecule has 1 fully saturated rings. The Balaban J connectivity index is 1.56. The van der Waals surface area contributed by atoms with E-state index >= 15 is 0 Å². The van der Waals surface area contributed by atoms with Gasteiger partial charge in [-0.15, -0.1) is 0 Å². The number of ether oxygens (including phenoxy) is 1. The summed E-state index contributed by atoms with van der Waals surface area (Å²) in [5.74, 6) is 1.23. The van der Waals surface area contributed by atoms with E-state index in [0.717, 1.165) is 48.9 Å². The average Bonchev–Trinajstić information content (AvgIpc) is 3.24. The number of anilines is 1. The van der Waals surface area contributed by atoms with Gasteiger partial charge >= 0.3 is 0 Å². The molecule has 1 amide bonds. The number of rotatable bonds is 6. The van der Waals surface area contributed by atoms with E-state index in [2.05, 4.69) is 15.5 Å². The van der Waals surface area contributed by atoms with E-state index in [9.17, 15) is 4.79 Å². The molecule has 2 aromatic rings. The van der Waals surface area contributed by atoms with Crippen molar-refractivity contribution in [1.82, 2.24) is 19.6 Å². The average molecular weight is 331 g/mol. The Morgan fingerprint density at radius 1 is 1.46 bits per heavy atom. The number of aryl methyl sites for hydroxylation is 2. The molecule has 1 atom stereocenters. The highest BCUT2D eigenvalue weighted by Gasteiger charge is 2.18. The monoisotopic (exact) mass is 331 g/mol. The number of carbonyl (C=O) groups excluding carboxylic acids is 1. The summed E-state index contributed by atoms with van der Waals surface area (Å²) in [7, 11) is 1.93. The van der Waals surface area contributed by atoms with E-state index in [0.29, 0.717) is 18.8 Å². The molecule has 2 aromatic heterocycles. The van der Waals surface area contributed by atoms with Crippen molar-refractivity contribution < 1.29 is 9.53 Å². The molecule has 130 valence electrons. The van der Waals surface area contributed by atoms with Gasteiger partial charge in [0, 0.05) is 44.3 Å². The molecule has 0 radical (unpaired) electrons. The highest BCUT2D eigenvalue weighted by atomic mass is 16.5. The van der Waals surface area contributed by atoms with Crippen LogP contribution in [0.1, 0.15) is 29.8 Å². The van der Waals surface area contributed by atoms with Crippen molar-refractivity contribution >= 4 is 11.7 Å². The first-order valence-corrected chi connectivity index (χ1v) is 8.43. The fraction of sp³-hybridized carbons (Fsp3) is 0.588. The van der Waals surface area contributed by atoms with Gasteiger partial charge in [0.05, 0.1) is 18.5 Å². The van der Waals surface area contributed by atoms with Crippen molar-refractivity contribution in [3.63, 3.8) is 0 Å².